The molecule has 2 atom stereocenters. The van der Waals surface area contributed by atoms with Gasteiger partial charge in [-0.2, -0.15) is 0 Å². The van der Waals surface area contributed by atoms with Crippen molar-refractivity contribution < 1.29 is 14.3 Å². The van der Waals surface area contributed by atoms with Gasteiger partial charge in [-0.05, 0) is 70.8 Å². The summed E-state index contributed by atoms with van der Waals surface area (Å²) in [4.78, 5) is 17.4. The van der Waals surface area contributed by atoms with Crippen molar-refractivity contribution in [1.82, 2.24) is 9.80 Å². The van der Waals surface area contributed by atoms with Crippen molar-refractivity contribution in [2.75, 3.05) is 33.9 Å². The molecule has 1 aromatic rings. The molecule has 1 amide bonds. The van der Waals surface area contributed by atoms with Gasteiger partial charge in [-0.3, -0.25) is 9.69 Å². The van der Waals surface area contributed by atoms with Gasteiger partial charge in [0.15, 0.2) is 18.1 Å². The first kappa shape index (κ1) is 18.1. The van der Waals surface area contributed by atoms with Crippen molar-refractivity contribution in [1.29, 1.82) is 0 Å². The van der Waals surface area contributed by atoms with E-state index in [0.717, 1.165) is 44.3 Å². The van der Waals surface area contributed by atoms with Gasteiger partial charge in [0.25, 0.3) is 5.91 Å². The van der Waals surface area contributed by atoms with Crippen LogP contribution in [0.4, 0.5) is 0 Å². The molecular weight excluding hydrogens is 316 g/mol. The van der Waals surface area contributed by atoms with Crippen molar-refractivity contribution in [3.8, 4) is 11.5 Å². The van der Waals surface area contributed by atoms with Crippen LogP contribution in [0.3, 0.4) is 0 Å². The zero-order chi connectivity index (χ0) is 18.0. The highest BCUT2D eigenvalue weighted by Gasteiger charge is 2.47. The Morgan fingerprint density at radius 2 is 2.08 bits per heavy atom. The molecule has 2 saturated heterocycles. The maximum atomic E-state index is 12.9. The average Bonchev–Trinajstić information content (AvgIpc) is 2.60. The number of likely N-dealkylation sites (tertiary alicyclic amines) is 2. The van der Waals surface area contributed by atoms with Crippen LogP contribution < -0.4 is 9.47 Å². The van der Waals surface area contributed by atoms with Crippen LogP contribution in [-0.4, -0.2) is 61.1 Å². The van der Waals surface area contributed by atoms with E-state index < -0.39 is 0 Å². The molecule has 5 nitrogen and oxygen atoms in total. The fourth-order valence-corrected chi connectivity index (χ4v) is 4.37. The van der Waals surface area contributed by atoms with Crippen molar-refractivity contribution in [3.63, 3.8) is 0 Å². The number of likely N-dealkylation sites (N-methyl/N-ethyl adjacent to an activating group) is 1. The smallest absolute Gasteiger partial charge is 0.260 e. The Morgan fingerprint density at radius 3 is 2.84 bits per heavy atom. The summed E-state index contributed by atoms with van der Waals surface area (Å²) in [5.41, 5.74) is 1.20. The summed E-state index contributed by atoms with van der Waals surface area (Å²) >= 11 is 0. The second-order valence-corrected chi connectivity index (χ2v) is 7.57. The second-order valence-electron chi connectivity index (χ2n) is 7.57. The number of nitrogens with zero attached hydrogens (tertiary/aromatic N) is 2. The lowest BCUT2D eigenvalue weighted by molar-refractivity contribution is -0.145. The predicted octanol–water partition coefficient (Wildman–Crippen LogP) is 2.86. The van der Waals surface area contributed by atoms with Crippen LogP contribution in [0.1, 0.15) is 38.2 Å². The van der Waals surface area contributed by atoms with Gasteiger partial charge in [0.05, 0.1) is 7.11 Å². The van der Waals surface area contributed by atoms with Crippen LogP contribution in [0, 0.1) is 6.92 Å². The Balaban J connectivity index is 1.69. The minimum absolute atomic E-state index is 0.0652. The number of amides is 1. The first-order valence-corrected chi connectivity index (χ1v) is 9.24. The van der Waals surface area contributed by atoms with E-state index in [-0.39, 0.29) is 24.1 Å². The lowest BCUT2D eigenvalue weighted by Gasteiger charge is -2.55. The molecule has 138 valence electrons. The fraction of sp³-hybridized carbons (Fsp3) is 0.650. The Hall–Kier alpha value is -1.75. The van der Waals surface area contributed by atoms with Crippen molar-refractivity contribution in [3.05, 3.63) is 23.8 Å². The third-order valence-corrected chi connectivity index (χ3v) is 6.01. The van der Waals surface area contributed by atoms with Crippen LogP contribution in [-0.2, 0) is 4.79 Å². The van der Waals surface area contributed by atoms with E-state index in [4.69, 9.17) is 9.47 Å². The number of hydrogen-bond acceptors (Lipinski definition) is 4. The molecule has 0 aliphatic carbocycles. The number of carbonyl (C=O) groups is 1. The van der Waals surface area contributed by atoms with Gasteiger partial charge < -0.3 is 14.4 Å². The highest BCUT2D eigenvalue weighted by molar-refractivity contribution is 5.78. The molecule has 25 heavy (non-hydrogen) atoms. The first-order valence-electron chi connectivity index (χ1n) is 9.24. The van der Waals surface area contributed by atoms with Crippen LogP contribution in [0.15, 0.2) is 18.2 Å². The minimum atomic E-state index is 0.0652. The van der Waals surface area contributed by atoms with Crippen molar-refractivity contribution >= 4 is 5.91 Å². The largest absolute Gasteiger partial charge is 0.493 e. The van der Waals surface area contributed by atoms with E-state index in [9.17, 15) is 4.79 Å². The Kier molecular flexibility index (Phi) is 5.23. The molecule has 2 heterocycles. The number of fused-ring (bicyclic) bond motifs is 1. The lowest BCUT2D eigenvalue weighted by atomic mass is 9.76. The van der Waals surface area contributed by atoms with Gasteiger partial charge in [0, 0.05) is 18.1 Å². The molecule has 2 fully saturated rings. The first-order chi connectivity index (χ1) is 12.0. The summed E-state index contributed by atoms with van der Waals surface area (Å²) in [5, 5.41) is 0. The summed E-state index contributed by atoms with van der Waals surface area (Å²) in [6, 6.07) is 6.05. The Labute approximate surface area is 150 Å². The van der Waals surface area contributed by atoms with E-state index in [1.807, 2.05) is 25.1 Å². The number of ether oxygens (including phenoxy) is 2. The van der Waals surface area contributed by atoms with E-state index in [0.29, 0.717) is 11.5 Å². The molecule has 2 aliphatic heterocycles. The third-order valence-electron chi connectivity index (χ3n) is 6.01. The molecule has 0 bridgehead atoms. The van der Waals surface area contributed by atoms with Crippen LogP contribution in [0.2, 0.25) is 0 Å². The molecular formula is C20H30N2O3. The number of benzene rings is 1. The SMILES string of the molecule is COc1cc(C)ccc1OCC(=O)N1CCC[C@@]2(C)[C@@H]1CCCN2C. The molecule has 0 spiro atoms. The number of hydrogen-bond donors (Lipinski definition) is 0. The zero-order valence-electron chi connectivity index (χ0n) is 15.9. The van der Waals surface area contributed by atoms with E-state index in [1.165, 1.54) is 0 Å². The average molecular weight is 346 g/mol. The molecule has 0 saturated carbocycles. The second kappa shape index (κ2) is 7.24. The molecule has 3 rings (SSSR count). The normalized spacial score (nSPS) is 26.9. The van der Waals surface area contributed by atoms with E-state index in [2.05, 4.69) is 23.8 Å². The van der Waals surface area contributed by atoms with Gasteiger partial charge in [-0.15, -0.1) is 0 Å². The van der Waals surface area contributed by atoms with Crippen LogP contribution >= 0.6 is 0 Å². The summed E-state index contributed by atoms with van der Waals surface area (Å²) in [6.45, 7) is 6.33. The topological polar surface area (TPSA) is 42.0 Å². The standard InChI is InChI=1S/C20H30N2O3/c1-15-8-9-16(17(13-15)24-4)25-14-19(23)22-12-6-10-20(2)18(22)7-5-11-21(20)3/h8-9,13,18H,5-7,10-12,14H2,1-4H3/t18-,20-/m0/s1. The molecule has 5 heteroatoms. The van der Waals surface area contributed by atoms with Crippen molar-refractivity contribution in [2.24, 2.45) is 0 Å². The third kappa shape index (κ3) is 3.47. The van der Waals surface area contributed by atoms with Crippen LogP contribution in [0.25, 0.3) is 0 Å². The number of carbonyl (C=O) groups excluding carboxylic acids is 1. The fourth-order valence-electron chi connectivity index (χ4n) is 4.37. The number of methoxy groups -OCH3 is 1. The van der Waals surface area contributed by atoms with Crippen molar-refractivity contribution in [2.45, 2.75) is 51.1 Å². The molecule has 0 unspecified atom stereocenters. The predicted molar refractivity (Wildman–Crippen MR) is 98.2 cm³/mol. The van der Waals surface area contributed by atoms with Gasteiger partial charge in [-0.25, -0.2) is 0 Å². The van der Waals surface area contributed by atoms with Gasteiger partial charge in [0.1, 0.15) is 0 Å². The summed E-state index contributed by atoms with van der Waals surface area (Å²) in [5.74, 6) is 1.38. The number of rotatable bonds is 4. The van der Waals surface area contributed by atoms with Gasteiger partial charge in [0.2, 0.25) is 0 Å². The molecule has 2 aliphatic rings. The maximum Gasteiger partial charge on any atom is 0.260 e. The van der Waals surface area contributed by atoms with Crippen LogP contribution in [0.5, 0.6) is 11.5 Å². The summed E-state index contributed by atoms with van der Waals surface area (Å²) < 4.78 is 11.2. The monoisotopic (exact) mass is 346 g/mol. The lowest BCUT2D eigenvalue weighted by Crippen LogP contribution is -2.66. The number of aryl methyl sites for hydroxylation is 1. The summed E-state index contributed by atoms with van der Waals surface area (Å²) in [7, 11) is 3.81. The summed E-state index contributed by atoms with van der Waals surface area (Å²) in [6.07, 6.45) is 4.44. The van der Waals surface area contributed by atoms with E-state index >= 15 is 0 Å². The quantitative estimate of drug-likeness (QED) is 0.841. The molecule has 0 radical (unpaired) electrons. The maximum absolute atomic E-state index is 12.9. The Bertz CT molecular complexity index is 633. The molecule has 0 N–H and O–H groups in total. The zero-order valence-corrected chi connectivity index (χ0v) is 15.9. The molecule has 0 aromatic heterocycles. The Morgan fingerprint density at radius 1 is 1.28 bits per heavy atom. The minimum Gasteiger partial charge on any atom is -0.493 e. The highest BCUT2D eigenvalue weighted by atomic mass is 16.5. The molecule has 1 aromatic carbocycles. The van der Waals surface area contributed by atoms with Gasteiger partial charge in [-0.1, -0.05) is 6.07 Å². The van der Waals surface area contributed by atoms with Gasteiger partial charge >= 0.3 is 0 Å². The highest BCUT2D eigenvalue weighted by Crippen LogP contribution is 2.38. The van der Waals surface area contributed by atoms with E-state index in [1.54, 1.807) is 7.11 Å². The number of piperidine rings is 2.